The first-order chi connectivity index (χ1) is 18.8. The summed E-state index contributed by atoms with van der Waals surface area (Å²) in [4.78, 5) is 28.5. The van der Waals surface area contributed by atoms with Crippen molar-refractivity contribution in [3.8, 4) is 5.75 Å². The zero-order chi connectivity index (χ0) is 29.2. The second-order valence-corrected chi connectivity index (χ2v) is 11.9. The zero-order valence-corrected chi connectivity index (χ0v) is 23.4. The number of methoxy groups -OCH3 is 1. The van der Waals surface area contributed by atoms with Crippen LogP contribution in [0.15, 0.2) is 48.5 Å². The van der Waals surface area contributed by atoms with Gasteiger partial charge in [0.2, 0.25) is 5.91 Å². The van der Waals surface area contributed by atoms with Gasteiger partial charge < -0.3 is 19.5 Å². The Hall–Kier alpha value is -3.07. The summed E-state index contributed by atoms with van der Waals surface area (Å²) in [6.45, 7) is 5.48. The van der Waals surface area contributed by atoms with Gasteiger partial charge in [-0.05, 0) is 42.0 Å². The molecule has 40 heavy (non-hydrogen) atoms. The van der Waals surface area contributed by atoms with Gasteiger partial charge in [0.1, 0.15) is 11.8 Å². The third-order valence-corrected chi connectivity index (χ3v) is 8.25. The van der Waals surface area contributed by atoms with Crippen LogP contribution in [0.3, 0.4) is 0 Å². The van der Waals surface area contributed by atoms with Crippen LogP contribution in [0.1, 0.15) is 75.6 Å². The molecular formula is C31H38F3NO5. The van der Waals surface area contributed by atoms with Gasteiger partial charge in [-0.3, -0.25) is 4.79 Å². The van der Waals surface area contributed by atoms with Crippen LogP contribution in [0.5, 0.6) is 5.75 Å². The molecule has 0 bridgehead atoms. The molecule has 1 saturated heterocycles. The molecule has 2 fully saturated rings. The number of ether oxygens (including phenoxy) is 2. The third-order valence-electron chi connectivity index (χ3n) is 8.25. The van der Waals surface area contributed by atoms with E-state index in [2.05, 4.69) is 0 Å². The fourth-order valence-electron chi connectivity index (χ4n) is 6.40. The fraction of sp³-hybridized carbons (Fsp3) is 0.548. The van der Waals surface area contributed by atoms with Crippen molar-refractivity contribution in [2.24, 2.45) is 17.3 Å². The summed E-state index contributed by atoms with van der Waals surface area (Å²) < 4.78 is 52.3. The van der Waals surface area contributed by atoms with Crippen molar-refractivity contribution in [1.29, 1.82) is 0 Å². The van der Waals surface area contributed by atoms with Crippen LogP contribution < -0.4 is 4.74 Å². The van der Waals surface area contributed by atoms with Crippen LogP contribution >= 0.6 is 0 Å². The van der Waals surface area contributed by atoms with E-state index in [0.717, 1.165) is 37.0 Å². The molecule has 0 radical (unpaired) electrons. The Morgan fingerprint density at radius 2 is 1.65 bits per heavy atom. The molecule has 2 aliphatic rings. The maximum absolute atomic E-state index is 14.1. The Bertz CT molecular complexity index is 1190. The first-order valence-corrected chi connectivity index (χ1v) is 13.8. The lowest BCUT2D eigenvalue weighted by molar-refractivity contribution is -0.154. The third kappa shape index (κ3) is 6.14. The summed E-state index contributed by atoms with van der Waals surface area (Å²) >= 11 is 0. The minimum Gasteiger partial charge on any atom is -0.496 e. The van der Waals surface area contributed by atoms with Gasteiger partial charge in [0.25, 0.3) is 0 Å². The number of likely N-dealkylation sites (tertiary alicyclic amines) is 1. The van der Waals surface area contributed by atoms with E-state index < -0.39 is 47.2 Å². The number of alkyl halides is 3. The van der Waals surface area contributed by atoms with Crippen LogP contribution in [0, 0.1) is 17.3 Å². The standard InChI is InChI=1S/C31H38F3NO5/c1-30(2,3)24-26(29(37)38)35(28(36)20-13-9-6-10-14-20)25(19-11-7-5-8-12-19)27(24)40-18-21-17-22(31(32,33)34)15-16-23(21)39-4/h5,7-8,11-12,15-17,20,24-27H,6,9-10,13-14,18H2,1-4H3,(H,37,38). The average Bonchev–Trinajstić information content (AvgIpc) is 3.28. The summed E-state index contributed by atoms with van der Waals surface area (Å²) in [5.74, 6) is -1.99. The summed E-state index contributed by atoms with van der Waals surface area (Å²) in [5, 5.41) is 10.5. The van der Waals surface area contributed by atoms with Crippen LogP contribution in [-0.4, -0.2) is 41.1 Å². The zero-order valence-electron chi connectivity index (χ0n) is 23.4. The second-order valence-electron chi connectivity index (χ2n) is 11.9. The molecule has 9 heteroatoms. The van der Waals surface area contributed by atoms with Crippen LogP contribution in [0.2, 0.25) is 0 Å². The lowest BCUT2D eigenvalue weighted by Gasteiger charge is -2.35. The van der Waals surface area contributed by atoms with E-state index in [4.69, 9.17) is 9.47 Å². The predicted molar refractivity (Wildman–Crippen MR) is 144 cm³/mol. The van der Waals surface area contributed by atoms with Crippen LogP contribution in [0.25, 0.3) is 0 Å². The molecule has 4 rings (SSSR count). The van der Waals surface area contributed by atoms with E-state index in [1.165, 1.54) is 18.1 Å². The molecule has 6 nitrogen and oxygen atoms in total. The van der Waals surface area contributed by atoms with Gasteiger partial charge in [-0.1, -0.05) is 70.4 Å². The van der Waals surface area contributed by atoms with Crippen LogP contribution in [-0.2, 0) is 27.1 Å². The molecular weight excluding hydrogens is 523 g/mol. The largest absolute Gasteiger partial charge is 0.496 e. The molecule has 1 N–H and O–H groups in total. The molecule has 1 aliphatic carbocycles. The van der Waals surface area contributed by atoms with Crippen molar-refractivity contribution in [3.05, 3.63) is 65.2 Å². The Labute approximate surface area is 233 Å². The molecule has 218 valence electrons. The van der Waals surface area contributed by atoms with Gasteiger partial charge in [0.15, 0.2) is 0 Å². The molecule has 1 heterocycles. The highest BCUT2D eigenvalue weighted by Gasteiger charge is 2.59. The van der Waals surface area contributed by atoms with Crippen molar-refractivity contribution in [3.63, 3.8) is 0 Å². The van der Waals surface area contributed by atoms with E-state index in [0.29, 0.717) is 12.8 Å². The average molecular weight is 562 g/mol. The Balaban J connectivity index is 1.81. The number of carboxylic acids is 1. The summed E-state index contributed by atoms with van der Waals surface area (Å²) in [7, 11) is 1.37. The van der Waals surface area contributed by atoms with E-state index >= 15 is 0 Å². The van der Waals surface area contributed by atoms with E-state index in [-0.39, 0.29) is 29.7 Å². The topological polar surface area (TPSA) is 76.1 Å². The summed E-state index contributed by atoms with van der Waals surface area (Å²) in [6, 6.07) is 10.5. The van der Waals surface area contributed by atoms with Crippen LogP contribution in [0.4, 0.5) is 13.2 Å². The minimum atomic E-state index is -4.55. The quantitative estimate of drug-likeness (QED) is 0.399. The monoisotopic (exact) mass is 561 g/mol. The van der Waals surface area contributed by atoms with E-state index in [9.17, 15) is 27.9 Å². The molecule has 2 aromatic carbocycles. The van der Waals surface area contributed by atoms with Gasteiger partial charge in [0.05, 0.1) is 31.4 Å². The minimum absolute atomic E-state index is 0.195. The molecule has 4 atom stereocenters. The van der Waals surface area contributed by atoms with Gasteiger partial charge >= 0.3 is 12.1 Å². The van der Waals surface area contributed by atoms with E-state index in [1.54, 1.807) is 0 Å². The Morgan fingerprint density at radius 1 is 1.00 bits per heavy atom. The van der Waals surface area contributed by atoms with E-state index in [1.807, 2.05) is 51.1 Å². The number of amides is 1. The SMILES string of the molecule is COc1ccc(C(F)(F)F)cc1COC1C(c2ccccc2)N(C(=O)C2CCCCC2)C(C(=O)O)C1C(C)(C)C. The van der Waals surface area contributed by atoms with Gasteiger partial charge in [-0.25, -0.2) is 4.79 Å². The van der Waals surface area contributed by atoms with Crippen molar-refractivity contribution < 1.29 is 37.3 Å². The van der Waals surface area contributed by atoms with Crippen molar-refractivity contribution in [1.82, 2.24) is 4.90 Å². The van der Waals surface area contributed by atoms with Crippen molar-refractivity contribution >= 4 is 11.9 Å². The molecule has 0 aromatic heterocycles. The molecule has 1 amide bonds. The highest BCUT2D eigenvalue weighted by Crippen LogP contribution is 2.51. The van der Waals surface area contributed by atoms with Gasteiger partial charge in [-0.2, -0.15) is 13.2 Å². The molecule has 4 unspecified atom stereocenters. The van der Waals surface area contributed by atoms with Gasteiger partial charge in [0, 0.05) is 17.4 Å². The molecule has 1 saturated carbocycles. The normalized spacial score (nSPS) is 24.2. The Kier molecular flexibility index (Phi) is 8.83. The molecule has 2 aromatic rings. The number of halogens is 3. The van der Waals surface area contributed by atoms with Crippen molar-refractivity contribution in [2.45, 2.75) is 83.8 Å². The lowest BCUT2D eigenvalue weighted by atomic mass is 9.73. The van der Waals surface area contributed by atoms with Gasteiger partial charge in [-0.15, -0.1) is 0 Å². The second kappa shape index (κ2) is 11.8. The maximum atomic E-state index is 14.1. The maximum Gasteiger partial charge on any atom is 0.416 e. The summed E-state index contributed by atoms with van der Waals surface area (Å²) in [6.07, 6.45) is -1.07. The first kappa shape index (κ1) is 29.9. The number of hydrogen-bond donors (Lipinski definition) is 1. The first-order valence-electron chi connectivity index (χ1n) is 13.8. The smallest absolute Gasteiger partial charge is 0.416 e. The number of hydrogen-bond acceptors (Lipinski definition) is 4. The number of carbonyl (C=O) groups is 2. The summed E-state index contributed by atoms with van der Waals surface area (Å²) in [5.41, 5.74) is -0.519. The fourth-order valence-corrected chi connectivity index (χ4v) is 6.40. The molecule has 0 spiro atoms. The number of carbonyl (C=O) groups excluding carboxylic acids is 1. The highest BCUT2D eigenvalue weighted by atomic mass is 19.4. The van der Waals surface area contributed by atoms with Crippen molar-refractivity contribution in [2.75, 3.05) is 7.11 Å². The predicted octanol–water partition coefficient (Wildman–Crippen LogP) is 6.88. The highest BCUT2D eigenvalue weighted by molar-refractivity contribution is 5.87. The Morgan fingerprint density at radius 3 is 2.20 bits per heavy atom. The molecule has 1 aliphatic heterocycles. The number of rotatable bonds is 7. The lowest BCUT2D eigenvalue weighted by Crippen LogP contribution is -2.49. The number of carboxylic acid groups (broad SMARTS) is 1. The number of nitrogens with zero attached hydrogens (tertiary/aromatic N) is 1. The number of benzene rings is 2. The number of aliphatic carboxylic acids is 1.